The SMILES string of the molecule is CCCc1c(Cl)nc(C(CCC)OCC)nc1Cl. The van der Waals surface area contributed by atoms with Crippen LogP contribution in [0.5, 0.6) is 0 Å². The van der Waals surface area contributed by atoms with E-state index in [1.807, 2.05) is 6.92 Å². The topological polar surface area (TPSA) is 35.0 Å². The van der Waals surface area contributed by atoms with Crippen LogP contribution in [0.15, 0.2) is 0 Å². The highest BCUT2D eigenvalue weighted by Crippen LogP contribution is 2.27. The molecule has 1 heterocycles. The Morgan fingerprint density at radius 3 is 2.11 bits per heavy atom. The van der Waals surface area contributed by atoms with Crippen LogP contribution in [-0.2, 0) is 11.2 Å². The van der Waals surface area contributed by atoms with Crippen molar-refractivity contribution in [3.05, 3.63) is 21.7 Å². The predicted molar refractivity (Wildman–Crippen MR) is 75.3 cm³/mol. The van der Waals surface area contributed by atoms with Gasteiger partial charge in [-0.2, -0.15) is 0 Å². The summed E-state index contributed by atoms with van der Waals surface area (Å²) in [6, 6.07) is 0. The normalized spacial score (nSPS) is 12.7. The minimum Gasteiger partial charge on any atom is -0.371 e. The number of hydrogen-bond acceptors (Lipinski definition) is 3. The van der Waals surface area contributed by atoms with Crippen molar-refractivity contribution in [3.63, 3.8) is 0 Å². The molecule has 0 aliphatic carbocycles. The van der Waals surface area contributed by atoms with E-state index in [2.05, 4.69) is 23.8 Å². The molecule has 0 aromatic carbocycles. The zero-order valence-electron chi connectivity index (χ0n) is 11.2. The van der Waals surface area contributed by atoms with Gasteiger partial charge in [-0.3, -0.25) is 0 Å². The summed E-state index contributed by atoms with van der Waals surface area (Å²) < 4.78 is 5.64. The zero-order chi connectivity index (χ0) is 13.5. The van der Waals surface area contributed by atoms with Crippen LogP contribution in [0, 0.1) is 0 Å². The Kier molecular flexibility index (Phi) is 6.90. The maximum absolute atomic E-state index is 6.17. The molecule has 1 rings (SSSR count). The van der Waals surface area contributed by atoms with Crippen LogP contribution < -0.4 is 0 Å². The molecule has 0 radical (unpaired) electrons. The number of hydrogen-bond donors (Lipinski definition) is 0. The fourth-order valence-corrected chi connectivity index (χ4v) is 2.39. The fraction of sp³-hybridized carbons (Fsp3) is 0.692. The first kappa shape index (κ1) is 15.7. The highest BCUT2D eigenvalue weighted by Gasteiger charge is 2.18. The molecule has 0 spiro atoms. The van der Waals surface area contributed by atoms with E-state index >= 15 is 0 Å². The average molecular weight is 291 g/mol. The van der Waals surface area contributed by atoms with Crippen LogP contribution in [0.4, 0.5) is 0 Å². The third-order valence-corrected chi connectivity index (χ3v) is 3.26. The molecule has 3 nitrogen and oxygen atoms in total. The first-order chi connectivity index (χ1) is 8.63. The maximum Gasteiger partial charge on any atom is 0.160 e. The lowest BCUT2D eigenvalue weighted by Crippen LogP contribution is -2.10. The molecule has 0 aliphatic heterocycles. The molecule has 0 amide bonds. The van der Waals surface area contributed by atoms with Crippen LogP contribution in [-0.4, -0.2) is 16.6 Å². The van der Waals surface area contributed by atoms with Crippen LogP contribution in [0.25, 0.3) is 0 Å². The van der Waals surface area contributed by atoms with Gasteiger partial charge in [-0.25, -0.2) is 9.97 Å². The molecule has 102 valence electrons. The second-order valence-corrected chi connectivity index (χ2v) is 4.84. The lowest BCUT2D eigenvalue weighted by molar-refractivity contribution is 0.0493. The molecule has 0 fully saturated rings. The summed E-state index contributed by atoms with van der Waals surface area (Å²) in [7, 11) is 0. The molecule has 18 heavy (non-hydrogen) atoms. The quantitative estimate of drug-likeness (QED) is 0.688. The zero-order valence-corrected chi connectivity index (χ0v) is 12.7. The minimum absolute atomic E-state index is 0.120. The molecule has 0 N–H and O–H groups in total. The van der Waals surface area contributed by atoms with Crippen molar-refractivity contribution in [2.75, 3.05) is 6.61 Å². The molecule has 0 saturated heterocycles. The third kappa shape index (κ3) is 4.08. The summed E-state index contributed by atoms with van der Waals surface area (Å²) >= 11 is 12.3. The number of ether oxygens (including phenoxy) is 1. The second kappa shape index (κ2) is 7.93. The largest absolute Gasteiger partial charge is 0.371 e. The molecular weight excluding hydrogens is 271 g/mol. The van der Waals surface area contributed by atoms with Gasteiger partial charge in [0.2, 0.25) is 0 Å². The first-order valence-corrected chi connectivity index (χ1v) is 7.22. The molecule has 1 aromatic rings. The molecule has 1 aromatic heterocycles. The summed E-state index contributed by atoms with van der Waals surface area (Å²) in [6.07, 6.45) is 3.51. The van der Waals surface area contributed by atoms with Gasteiger partial charge in [-0.15, -0.1) is 0 Å². The third-order valence-electron chi connectivity index (χ3n) is 2.63. The second-order valence-electron chi connectivity index (χ2n) is 4.12. The Morgan fingerprint density at radius 2 is 1.67 bits per heavy atom. The summed E-state index contributed by atoms with van der Waals surface area (Å²) in [5.41, 5.74) is 0.830. The summed E-state index contributed by atoms with van der Waals surface area (Å²) in [5.74, 6) is 0.591. The Labute approximate surface area is 119 Å². The summed E-state index contributed by atoms with van der Waals surface area (Å²) in [4.78, 5) is 8.67. The molecule has 0 saturated carbocycles. The van der Waals surface area contributed by atoms with Gasteiger partial charge in [0.05, 0.1) is 0 Å². The average Bonchev–Trinajstić information content (AvgIpc) is 2.33. The molecule has 0 aliphatic rings. The monoisotopic (exact) mass is 290 g/mol. The van der Waals surface area contributed by atoms with Crippen LogP contribution >= 0.6 is 23.2 Å². The first-order valence-electron chi connectivity index (χ1n) is 6.47. The van der Waals surface area contributed by atoms with Crippen LogP contribution in [0.3, 0.4) is 0 Å². The van der Waals surface area contributed by atoms with Gasteiger partial charge in [-0.05, 0) is 19.8 Å². The van der Waals surface area contributed by atoms with Gasteiger partial charge in [-0.1, -0.05) is 49.9 Å². The molecule has 0 bridgehead atoms. The lowest BCUT2D eigenvalue weighted by Gasteiger charge is -2.16. The molecular formula is C13H20Cl2N2O. The Morgan fingerprint density at radius 1 is 1.06 bits per heavy atom. The maximum atomic E-state index is 6.17. The van der Waals surface area contributed by atoms with Gasteiger partial charge >= 0.3 is 0 Å². The standard InChI is InChI=1S/C13H20Cl2N2O/c1-4-7-9-11(14)16-13(17-12(9)15)10(8-5-2)18-6-3/h10H,4-8H2,1-3H3. The van der Waals surface area contributed by atoms with Crippen molar-refractivity contribution in [1.29, 1.82) is 0 Å². The smallest absolute Gasteiger partial charge is 0.160 e. The van der Waals surface area contributed by atoms with Crippen molar-refractivity contribution in [1.82, 2.24) is 9.97 Å². The van der Waals surface area contributed by atoms with Gasteiger partial charge < -0.3 is 4.74 Å². The minimum atomic E-state index is -0.120. The van der Waals surface area contributed by atoms with Crippen molar-refractivity contribution in [2.45, 2.75) is 52.6 Å². The predicted octanol–water partition coefficient (Wildman–Crippen LogP) is 4.61. The van der Waals surface area contributed by atoms with Gasteiger partial charge in [0.25, 0.3) is 0 Å². The van der Waals surface area contributed by atoms with Crippen LogP contribution in [0.2, 0.25) is 10.3 Å². The van der Waals surface area contributed by atoms with Crippen LogP contribution in [0.1, 0.15) is 57.5 Å². The van der Waals surface area contributed by atoms with Gasteiger partial charge in [0.1, 0.15) is 16.4 Å². The number of nitrogens with zero attached hydrogens (tertiary/aromatic N) is 2. The van der Waals surface area contributed by atoms with E-state index in [0.29, 0.717) is 22.7 Å². The number of aromatic nitrogens is 2. The van der Waals surface area contributed by atoms with E-state index in [1.165, 1.54) is 0 Å². The number of rotatable bonds is 7. The van der Waals surface area contributed by atoms with E-state index < -0.39 is 0 Å². The summed E-state index contributed by atoms with van der Waals surface area (Å²) in [6.45, 7) is 6.75. The molecule has 5 heteroatoms. The fourth-order valence-electron chi connectivity index (χ4n) is 1.80. The van der Waals surface area contributed by atoms with E-state index in [0.717, 1.165) is 31.2 Å². The van der Waals surface area contributed by atoms with E-state index in [4.69, 9.17) is 27.9 Å². The molecule has 1 atom stereocenters. The Balaban J connectivity index is 3.02. The van der Waals surface area contributed by atoms with Gasteiger partial charge in [0, 0.05) is 12.2 Å². The van der Waals surface area contributed by atoms with E-state index in [9.17, 15) is 0 Å². The number of halogens is 2. The van der Waals surface area contributed by atoms with E-state index in [-0.39, 0.29) is 6.10 Å². The summed E-state index contributed by atoms with van der Waals surface area (Å²) in [5, 5.41) is 0.903. The van der Waals surface area contributed by atoms with Gasteiger partial charge in [0.15, 0.2) is 5.82 Å². The highest BCUT2D eigenvalue weighted by molar-refractivity contribution is 6.34. The molecule has 1 unspecified atom stereocenters. The lowest BCUT2D eigenvalue weighted by atomic mass is 10.1. The van der Waals surface area contributed by atoms with E-state index in [1.54, 1.807) is 0 Å². The Hall–Kier alpha value is -0.380. The highest BCUT2D eigenvalue weighted by atomic mass is 35.5. The van der Waals surface area contributed by atoms with Crippen molar-refractivity contribution in [3.8, 4) is 0 Å². The Bertz CT molecular complexity index is 356. The van der Waals surface area contributed by atoms with Crippen molar-refractivity contribution < 1.29 is 4.74 Å². The van der Waals surface area contributed by atoms with Crippen molar-refractivity contribution in [2.24, 2.45) is 0 Å². The van der Waals surface area contributed by atoms with Crippen molar-refractivity contribution >= 4 is 23.2 Å².